The van der Waals surface area contributed by atoms with E-state index in [4.69, 9.17) is 5.26 Å². The Morgan fingerprint density at radius 3 is 2.22 bits per heavy atom. The van der Waals surface area contributed by atoms with Crippen molar-refractivity contribution >= 4 is 21.6 Å². The Hall–Kier alpha value is -1.86. The van der Waals surface area contributed by atoms with E-state index in [9.17, 15) is 4.39 Å². The van der Waals surface area contributed by atoms with Gasteiger partial charge in [-0.2, -0.15) is 5.26 Å². The quantitative estimate of drug-likeness (QED) is 0.919. The van der Waals surface area contributed by atoms with Gasteiger partial charge >= 0.3 is 0 Å². The number of nitrogens with zero attached hydrogens (tertiary/aromatic N) is 1. The lowest BCUT2D eigenvalue weighted by atomic mass is 10.1. The lowest BCUT2D eigenvalue weighted by Gasteiger charge is -2.13. The third kappa shape index (κ3) is 3.08. The maximum Gasteiger partial charge on any atom is 0.140 e. The Kier molecular flexibility index (Phi) is 3.96. The summed E-state index contributed by atoms with van der Waals surface area (Å²) >= 11 is 3.35. The number of anilines is 1. The van der Waals surface area contributed by atoms with Gasteiger partial charge in [0.2, 0.25) is 0 Å². The highest BCUT2D eigenvalue weighted by molar-refractivity contribution is 9.10. The Morgan fingerprint density at radius 1 is 1.06 bits per heavy atom. The zero-order valence-electron chi connectivity index (χ0n) is 9.40. The minimum atomic E-state index is -0.494. The maximum absolute atomic E-state index is 12.8. The van der Waals surface area contributed by atoms with Gasteiger partial charge in [0.25, 0.3) is 0 Å². The Balaban J connectivity index is 2.17. The summed E-state index contributed by atoms with van der Waals surface area (Å²) < 4.78 is 13.8. The van der Waals surface area contributed by atoms with Crippen LogP contribution in [0.15, 0.2) is 53.0 Å². The van der Waals surface area contributed by atoms with Gasteiger partial charge in [-0.1, -0.05) is 28.1 Å². The van der Waals surface area contributed by atoms with Crippen LogP contribution in [-0.4, -0.2) is 0 Å². The number of halogens is 2. The molecule has 0 bridgehead atoms. The van der Waals surface area contributed by atoms with Gasteiger partial charge in [0.05, 0.1) is 6.07 Å². The van der Waals surface area contributed by atoms with Crippen LogP contribution in [0.2, 0.25) is 0 Å². The summed E-state index contributed by atoms with van der Waals surface area (Å²) in [6, 6.07) is 15.1. The Labute approximate surface area is 113 Å². The van der Waals surface area contributed by atoms with E-state index < -0.39 is 6.04 Å². The van der Waals surface area contributed by atoms with Gasteiger partial charge in [0.15, 0.2) is 0 Å². The first-order chi connectivity index (χ1) is 8.69. The predicted octanol–water partition coefficient (Wildman–Crippen LogP) is 4.26. The number of hydrogen-bond donors (Lipinski definition) is 1. The van der Waals surface area contributed by atoms with Gasteiger partial charge in [-0.05, 0) is 42.0 Å². The van der Waals surface area contributed by atoms with Crippen molar-refractivity contribution in [1.82, 2.24) is 0 Å². The molecule has 2 aromatic carbocycles. The van der Waals surface area contributed by atoms with E-state index in [0.29, 0.717) is 0 Å². The van der Waals surface area contributed by atoms with Crippen molar-refractivity contribution in [1.29, 1.82) is 5.26 Å². The second-order valence-electron chi connectivity index (χ2n) is 3.76. The van der Waals surface area contributed by atoms with Crippen LogP contribution in [0.5, 0.6) is 0 Å². The number of nitrogens with one attached hydrogen (secondary N) is 1. The van der Waals surface area contributed by atoms with Crippen molar-refractivity contribution in [3.05, 3.63) is 64.4 Å². The zero-order valence-corrected chi connectivity index (χ0v) is 11.0. The molecule has 2 rings (SSSR count). The molecule has 1 N–H and O–H groups in total. The van der Waals surface area contributed by atoms with E-state index in [1.54, 1.807) is 12.1 Å². The minimum Gasteiger partial charge on any atom is -0.366 e. The lowest BCUT2D eigenvalue weighted by molar-refractivity contribution is 0.627. The van der Waals surface area contributed by atoms with Crippen LogP contribution in [-0.2, 0) is 0 Å². The fraction of sp³-hybridized carbons (Fsp3) is 0.0714. The summed E-state index contributed by atoms with van der Waals surface area (Å²) in [5.41, 5.74) is 1.58. The molecule has 0 radical (unpaired) electrons. The minimum absolute atomic E-state index is 0.306. The molecule has 2 nitrogen and oxygen atoms in total. The van der Waals surface area contributed by atoms with Crippen LogP contribution in [0.25, 0.3) is 0 Å². The number of rotatable bonds is 3. The Morgan fingerprint density at radius 2 is 1.67 bits per heavy atom. The van der Waals surface area contributed by atoms with Crippen LogP contribution in [0, 0.1) is 17.1 Å². The number of benzene rings is 2. The SMILES string of the molecule is N#CC(Nc1ccc(Br)cc1)c1ccc(F)cc1. The summed E-state index contributed by atoms with van der Waals surface area (Å²) in [6.45, 7) is 0. The molecule has 18 heavy (non-hydrogen) atoms. The number of nitriles is 1. The van der Waals surface area contributed by atoms with Gasteiger partial charge in [-0.3, -0.25) is 0 Å². The third-order valence-corrected chi connectivity index (χ3v) is 3.02. The van der Waals surface area contributed by atoms with Gasteiger partial charge in [0.1, 0.15) is 11.9 Å². The summed E-state index contributed by atoms with van der Waals surface area (Å²) in [5.74, 6) is -0.306. The summed E-state index contributed by atoms with van der Waals surface area (Å²) in [5, 5.41) is 12.2. The van der Waals surface area contributed by atoms with Crippen molar-refractivity contribution in [2.75, 3.05) is 5.32 Å². The van der Waals surface area contributed by atoms with Crippen molar-refractivity contribution in [2.24, 2.45) is 0 Å². The van der Waals surface area contributed by atoms with E-state index in [-0.39, 0.29) is 5.82 Å². The summed E-state index contributed by atoms with van der Waals surface area (Å²) in [7, 11) is 0. The molecule has 0 saturated heterocycles. The first kappa shape index (κ1) is 12.6. The second kappa shape index (κ2) is 5.65. The molecule has 0 fully saturated rings. The topological polar surface area (TPSA) is 35.8 Å². The van der Waals surface area contributed by atoms with Gasteiger partial charge < -0.3 is 5.32 Å². The highest BCUT2D eigenvalue weighted by Gasteiger charge is 2.09. The predicted molar refractivity (Wildman–Crippen MR) is 72.5 cm³/mol. The fourth-order valence-corrected chi connectivity index (χ4v) is 1.82. The van der Waals surface area contributed by atoms with Crippen LogP contribution >= 0.6 is 15.9 Å². The van der Waals surface area contributed by atoms with Crippen LogP contribution in [0.1, 0.15) is 11.6 Å². The highest BCUT2D eigenvalue weighted by atomic mass is 79.9. The molecule has 2 aromatic rings. The molecule has 4 heteroatoms. The largest absolute Gasteiger partial charge is 0.366 e. The van der Waals surface area contributed by atoms with Gasteiger partial charge in [-0.25, -0.2) is 4.39 Å². The Bertz CT molecular complexity index is 558. The highest BCUT2D eigenvalue weighted by Crippen LogP contribution is 2.21. The van der Waals surface area contributed by atoms with Crippen LogP contribution < -0.4 is 5.32 Å². The molecular weight excluding hydrogens is 295 g/mol. The normalized spacial score (nSPS) is 11.6. The molecule has 0 aliphatic carbocycles. The van der Waals surface area contributed by atoms with Crippen molar-refractivity contribution in [2.45, 2.75) is 6.04 Å². The van der Waals surface area contributed by atoms with Gasteiger partial charge in [0, 0.05) is 10.2 Å². The van der Waals surface area contributed by atoms with E-state index in [1.807, 2.05) is 24.3 Å². The smallest absolute Gasteiger partial charge is 0.140 e. The molecule has 90 valence electrons. The average Bonchev–Trinajstić information content (AvgIpc) is 2.39. The molecule has 0 aliphatic rings. The maximum atomic E-state index is 12.8. The molecule has 0 amide bonds. The fourth-order valence-electron chi connectivity index (χ4n) is 1.56. The monoisotopic (exact) mass is 304 g/mol. The van der Waals surface area contributed by atoms with E-state index in [1.165, 1.54) is 12.1 Å². The second-order valence-corrected chi connectivity index (χ2v) is 4.68. The molecule has 1 atom stereocenters. The first-order valence-electron chi connectivity index (χ1n) is 5.36. The standard InChI is InChI=1S/C14H10BrFN2/c15-11-3-7-13(8-4-11)18-14(9-17)10-1-5-12(16)6-2-10/h1-8,14,18H. The van der Waals surface area contributed by atoms with Crippen LogP contribution in [0.3, 0.4) is 0 Å². The summed E-state index contributed by atoms with van der Waals surface area (Å²) in [4.78, 5) is 0. The van der Waals surface area contributed by atoms with Crippen molar-refractivity contribution in [3.63, 3.8) is 0 Å². The third-order valence-electron chi connectivity index (χ3n) is 2.49. The average molecular weight is 305 g/mol. The van der Waals surface area contributed by atoms with Crippen molar-refractivity contribution < 1.29 is 4.39 Å². The van der Waals surface area contributed by atoms with Crippen LogP contribution in [0.4, 0.5) is 10.1 Å². The lowest BCUT2D eigenvalue weighted by Crippen LogP contribution is -2.08. The summed E-state index contributed by atoms with van der Waals surface area (Å²) in [6.07, 6.45) is 0. The molecule has 0 saturated carbocycles. The van der Waals surface area contributed by atoms with Crippen molar-refractivity contribution in [3.8, 4) is 6.07 Å². The molecular formula is C14H10BrFN2. The molecule has 0 spiro atoms. The van der Waals surface area contributed by atoms with Gasteiger partial charge in [-0.15, -0.1) is 0 Å². The zero-order chi connectivity index (χ0) is 13.0. The molecule has 1 unspecified atom stereocenters. The molecule has 0 heterocycles. The molecule has 0 aromatic heterocycles. The number of hydrogen-bond acceptors (Lipinski definition) is 2. The van der Waals surface area contributed by atoms with E-state index in [0.717, 1.165) is 15.7 Å². The van der Waals surface area contributed by atoms with E-state index >= 15 is 0 Å². The first-order valence-corrected chi connectivity index (χ1v) is 6.15. The van der Waals surface area contributed by atoms with E-state index in [2.05, 4.69) is 27.3 Å². The molecule has 0 aliphatic heterocycles.